The number of rotatable bonds is 6. The topological polar surface area (TPSA) is 45.3 Å². The van der Waals surface area contributed by atoms with Gasteiger partial charge in [-0.2, -0.15) is 0 Å². The zero-order valence-electron chi connectivity index (χ0n) is 14.3. The highest BCUT2D eigenvalue weighted by Gasteiger charge is 2.19. The number of fused-ring (bicyclic) bond motifs is 1. The van der Waals surface area contributed by atoms with Crippen LogP contribution in [0.4, 0.5) is 0 Å². The number of ketones is 1. The van der Waals surface area contributed by atoms with E-state index >= 15 is 0 Å². The maximum Gasteiger partial charge on any atom is 0.180 e. The minimum atomic E-state index is 0.130. The number of hydrogen-bond donors (Lipinski definition) is 1. The van der Waals surface area contributed by atoms with Gasteiger partial charge in [-0.3, -0.25) is 4.79 Å². The Hall–Kier alpha value is -2.59. The summed E-state index contributed by atoms with van der Waals surface area (Å²) in [5.74, 6) is 0.935. The Morgan fingerprint density at radius 3 is 2.46 bits per heavy atom. The van der Waals surface area contributed by atoms with E-state index in [1.165, 1.54) is 0 Å². The van der Waals surface area contributed by atoms with Crippen LogP contribution >= 0.6 is 0 Å². The van der Waals surface area contributed by atoms with E-state index in [0.29, 0.717) is 12.1 Å². The number of carbonyl (C=O) groups is 1. The molecule has 3 rings (SSSR count). The summed E-state index contributed by atoms with van der Waals surface area (Å²) in [7, 11) is 5.60. The van der Waals surface area contributed by atoms with E-state index in [2.05, 4.69) is 4.98 Å². The first-order valence-corrected chi connectivity index (χ1v) is 8.03. The SMILES string of the molecule is COc1ccc(-c2c(C(=O)CCN(C)C)[nH]c3ccccc23)cc1. The van der Waals surface area contributed by atoms with Crippen LogP contribution in [0.3, 0.4) is 0 Å². The Kier molecular flexibility index (Phi) is 4.67. The van der Waals surface area contributed by atoms with Gasteiger partial charge in [-0.25, -0.2) is 0 Å². The standard InChI is InChI=1S/C20H22N2O2/c1-22(2)13-12-18(23)20-19(14-8-10-15(24-3)11-9-14)16-6-4-5-7-17(16)21-20/h4-11,21H,12-13H2,1-3H3. The number of para-hydroxylation sites is 1. The molecule has 124 valence electrons. The van der Waals surface area contributed by atoms with Crippen molar-refractivity contribution >= 4 is 16.7 Å². The number of nitrogens with zero attached hydrogens (tertiary/aromatic N) is 1. The molecule has 0 bridgehead atoms. The molecule has 24 heavy (non-hydrogen) atoms. The highest BCUT2D eigenvalue weighted by molar-refractivity contribution is 6.10. The van der Waals surface area contributed by atoms with E-state index in [4.69, 9.17) is 4.74 Å². The molecule has 0 saturated heterocycles. The number of nitrogens with one attached hydrogen (secondary N) is 1. The summed E-state index contributed by atoms with van der Waals surface area (Å²) in [5, 5.41) is 1.07. The van der Waals surface area contributed by atoms with Crippen LogP contribution in [0, 0.1) is 0 Å². The van der Waals surface area contributed by atoms with Crippen LogP contribution < -0.4 is 4.74 Å². The van der Waals surface area contributed by atoms with Gasteiger partial charge in [0.1, 0.15) is 5.75 Å². The minimum Gasteiger partial charge on any atom is -0.497 e. The second-order valence-electron chi connectivity index (χ2n) is 6.13. The molecule has 0 aliphatic carbocycles. The monoisotopic (exact) mass is 322 g/mol. The summed E-state index contributed by atoms with van der Waals surface area (Å²) in [4.78, 5) is 18.1. The third-order valence-electron chi connectivity index (χ3n) is 4.15. The van der Waals surface area contributed by atoms with Crippen molar-refractivity contribution in [3.63, 3.8) is 0 Å². The Labute approximate surface area is 142 Å². The maximum atomic E-state index is 12.8. The quantitative estimate of drug-likeness (QED) is 0.698. The summed E-state index contributed by atoms with van der Waals surface area (Å²) in [5.41, 5.74) is 3.65. The van der Waals surface area contributed by atoms with Gasteiger partial charge in [0.05, 0.1) is 12.8 Å². The number of carbonyl (C=O) groups excluding carboxylic acids is 1. The van der Waals surface area contributed by atoms with E-state index in [1.807, 2.05) is 67.5 Å². The van der Waals surface area contributed by atoms with Crippen LogP contribution in [0.15, 0.2) is 48.5 Å². The molecular formula is C20H22N2O2. The van der Waals surface area contributed by atoms with Gasteiger partial charge in [-0.05, 0) is 37.9 Å². The van der Waals surface area contributed by atoms with Crippen LogP contribution in [-0.4, -0.2) is 43.4 Å². The molecule has 0 aliphatic rings. The third kappa shape index (κ3) is 3.19. The highest BCUT2D eigenvalue weighted by Crippen LogP contribution is 2.34. The number of hydrogen-bond acceptors (Lipinski definition) is 3. The Balaban J connectivity index is 2.09. The fourth-order valence-corrected chi connectivity index (χ4v) is 2.86. The van der Waals surface area contributed by atoms with Crippen molar-refractivity contribution in [1.82, 2.24) is 9.88 Å². The highest BCUT2D eigenvalue weighted by atomic mass is 16.5. The van der Waals surface area contributed by atoms with Gasteiger partial charge in [0.2, 0.25) is 0 Å². The van der Waals surface area contributed by atoms with Crippen molar-refractivity contribution in [3.8, 4) is 16.9 Å². The van der Waals surface area contributed by atoms with Crippen LogP contribution in [0.2, 0.25) is 0 Å². The fraction of sp³-hybridized carbons (Fsp3) is 0.250. The Bertz CT molecular complexity index is 848. The van der Waals surface area contributed by atoms with Gasteiger partial charge >= 0.3 is 0 Å². The molecule has 0 aliphatic heterocycles. The molecule has 1 aromatic heterocycles. The van der Waals surface area contributed by atoms with Crippen molar-refractivity contribution in [2.24, 2.45) is 0 Å². The van der Waals surface area contributed by atoms with E-state index in [1.54, 1.807) is 7.11 Å². The Morgan fingerprint density at radius 1 is 1.08 bits per heavy atom. The largest absolute Gasteiger partial charge is 0.497 e. The van der Waals surface area contributed by atoms with Crippen molar-refractivity contribution in [3.05, 3.63) is 54.2 Å². The second-order valence-corrected chi connectivity index (χ2v) is 6.13. The van der Waals surface area contributed by atoms with Gasteiger partial charge in [-0.1, -0.05) is 30.3 Å². The molecule has 3 aromatic rings. The molecule has 1 heterocycles. The summed E-state index contributed by atoms with van der Waals surface area (Å²) >= 11 is 0. The molecular weight excluding hydrogens is 300 g/mol. The van der Waals surface area contributed by atoms with E-state index in [9.17, 15) is 4.79 Å². The van der Waals surface area contributed by atoms with Crippen LogP contribution in [0.5, 0.6) is 5.75 Å². The van der Waals surface area contributed by atoms with Crippen molar-refractivity contribution < 1.29 is 9.53 Å². The molecule has 4 nitrogen and oxygen atoms in total. The molecule has 0 unspecified atom stereocenters. The summed E-state index contributed by atoms with van der Waals surface area (Å²) in [6.45, 7) is 0.732. The normalized spacial score (nSPS) is 11.2. The van der Waals surface area contributed by atoms with E-state index < -0.39 is 0 Å². The first-order valence-electron chi connectivity index (χ1n) is 8.03. The summed E-state index contributed by atoms with van der Waals surface area (Å²) in [6, 6.07) is 15.9. The fourth-order valence-electron chi connectivity index (χ4n) is 2.86. The minimum absolute atomic E-state index is 0.130. The van der Waals surface area contributed by atoms with Gasteiger partial charge in [0.25, 0.3) is 0 Å². The molecule has 0 fully saturated rings. The van der Waals surface area contributed by atoms with Crippen LogP contribution in [0.25, 0.3) is 22.0 Å². The van der Waals surface area contributed by atoms with E-state index in [-0.39, 0.29) is 5.78 Å². The molecule has 0 spiro atoms. The number of aromatic nitrogens is 1. The number of benzene rings is 2. The average molecular weight is 322 g/mol. The number of Topliss-reactive ketones (excluding diaryl/α,β-unsaturated/α-hetero) is 1. The third-order valence-corrected chi connectivity index (χ3v) is 4.15. The number of ether oxygens (including phenoxy) is 1. The smallest absolute Gasteiger partial charge is 0.180 e. The maximum absolute atomic E-state index is 12.8. The number of aromatic amines is 1. The number of H-pyrrole nitrogens is 1. The lowest BCUT2D eigenvalue weighted by Crippen LogP contribution is -2.17. The predicted octanol–water partition coefficient (Wildman–Crippen LogP) is 3.98. The second kappa shape index (κ2) is 6.89. The molecule has 0 saturated carbocycles. The first kappa shape index (κ1) is 16.3. The first-order chi connectivity index (χ1) is 11.6. The molecule has 1 N–H and O–H groups in total. The molecule has 0 atom stereocenters. The summed E-state index contributed by atoms with van der Waals surface area (Å²) in [6.07, 6.45) is 0.489. The van der Waals surface area contributed by atoms with Gasteiger partial charge < -0.3 is 14.6 Å². The van der Waals surface area contributed by atoms with Gasteiger partial charge in [-0.15, -0.1) is 0 Å². The van der Waals surface area contributed by atoms with E-state index in [0.717, 1.165) is 34.3 Å². The van der Waals surface area contributed by atoms with Crippen molar-refractivity contribution in [2.45, 2.75) is 6.42 Å². The zero-order valence-corrected chi connectivity index (χ0v) is 14.3. The Morgan fingerprint density at radius 2 is 1.79 bits per heavy atom. The number of methoxy groups -OCH3 is 1. The lowest BCUT2D eigenvalue weighted by molar-refractivity contribution is 0.0969. The molecule has 0 radical (unpaired) electrons. The van der Waals surface area contributed by atoms with Gasteiger partial charge in [0, 0.05) is 29.4 Å². The predicted molar refractivity (Wildman–Crippen MR) is 97.8 cm³/mol. The summed E-state index contributed by atoms with van der Waals surface area (Å²) < 4.78 is 5.24. The van der Waals surface area contributed by atoms with Crippen LogP contribution in [-0.2, 0) is 0 Å². The molecule has 0 amide bonds. The molecule has 4 heteroatoms. The van der Waals surface area contributed by atoms with Crippen LogP contribution in [0.1, 0.15) is 16.9 Å². The van der Waals surface area contributed by atoms with Crippen molar-refractivity contribution in [2.75, 3.05) is 27.7 Å². The average Bonchev–Trinajstić information content (AvgIpc) is 2.99. The van der Waals surface area contributed by atoms with Crippen molar-refractivity contribution in [1.29, 1.82) is 0 Å². The lowest BCUT2D eigenvalue weighted by Gasteiger charge is -2.09. The lowest BCUT2D eigenvalue weighted by atomic mass is 9.99. The zero-order chi connectivity index (χ0) is 17.1. The van der Waals surface area contributed by atoms with Gasteiger partial charge in [0.15, 0.2) is 5.78 Å². The molecule has 2 aromatic carbocycles.